The largest absolute Gasteiger partial charge is 0.465 e. The van der Waals surface area contributed by atoms with E-state index in [1.165, 1.54) is 0 Å². The molecule has 1 aliphatic heterocycles. The summed E-state index contributed by atoms with van der Waals surface area (Å²) >= 11 is 0. The first kappa shape index (κ1) is 18.9. The normalized spacial score (nSPS) is 24.2. The summed E-state index contributed by atoms with van der Waals surface area (Å²) < 4.78 is 10.2. The smallest absolute Gasteiger partial charge is 0.330 e. The molecule has 0 aromatic carbocycles. The first-order valence-electron chi connectivity index (χ1n) is 8.92. The number of hydrogen-bond acceptors (Lipinski definition) is 7. The van der Waals surface area contributed by atoms with E-state index in [1.807, 2.05) is 0 Å². The number of carbonyl (C=O) groups excluding carboxylic acids is 3. The van der Waals surface area contributed by atoms with Crippen LogP contribution in [0, 0.1) is 0 Å². The van der Waals surface area contributed by atoms with E-state index in [0.717, 1.165) is 32.2 Å². The summed E-state index contributed by atoms with van der Waals surface area (Å²) in [5.41, 5.74) is -0.860. The molecule has 2 aliphatic rings. The van der Waals surface area contributed by atoms with Crippen molar-refractivity contribution in [1.29, 1.82) is 0 Å². The average Bonchev–Trinajstić information content (AvgIpc) is 3.10. The average molecular weight is 340 g/mol. The Hall–Kier alpha value is -1.47. The molecule has 2 fully saturated rings. The Morgan fingerprint density at radius 2 is 1.92 bits per heavy atom. The molecule has 1 saturated heterocycles. The molecule has 1 unspecified atom stereocenters. The van der Waals surface area contributed by atoms with Gasteiger partial charge in [-0.15, -0.1) is 0 Å². The molecule has 0 spiro atoms. The molecule has 0 bridgehead atoms. The summed E-state index contributed by atoms with van der Waals surface area (Å²) in [4.78, 5) is 36.6. The zero-order chi connectivity index (χ0) is 17.6. The lowest BCUT2D eigenvalue weighted by molar-refractivity contribution is -0.163. The minimum absolute atomic E-state index is 0.299. The molecule has 7 nitrogen and oxygen atoms in total. The lowest BCUT2D eigenvalue weighted by Gasteiger charge is -2.37. The summed E-state index contributed by atoms with van der Waals surface area (Å²) in [7, 11) is 0. The van der Waals surface area contributed by atoms with Gasteiger partial charge < -0.3 is 14.8 Å². The van der Waals surface area contributed by atoms with Crippen LogP contribution >= 0.6 is 0 Å². The van der Waals surface area contributed by atoms with Crippen LogP contribution in [0.25, 0.3) is 0 Å². The van der Waals surface area contributed by atoms with E-state index in [0.29, 0.717) is 25.9 Å². The van der Waals surface area contributed by atoms with Crippen LogP contribution in [0.4, 0.5) is 0 Å². The third-order valence-electron chi connectivity index (χ3n) is 4.77. The van der Waals surface area contributed by atoms with Crippen molar-refractivity contribution in [2.24, 2.45) is 0 Å². The summed E-state index contributed by atoms with van der Waals surface area (Å²) in [5, 5.41) is 6.09. The van der Waals surface area contributed by atoms with Crippen LogP contribution in [0.15, 0.2) is 0 Å². The second kappa shape index (κ2) is 8.58. The van der Waals surface area contributed by atoms with Crippen molar-refractivity contribution in [1.82, 2.24) is 10.6 Å². The van der Waals surface area contributed by atoms with Crippen molar-refractivity contribution in [3.8, 4) is 0 Å². The number of carbonyl (C=O) groups is 3. The Labute approximate surface area is 142 Å². The van der Waals surface area contributed by atoms with Crippen LogP contribution in [0.1, 0.15) is 58.8 Å². The molecular weight excluding hydrogens is 312 g/mol. The van der Waals surface area contributed by atoms with Crippen LogP contribution in [0.2, 0.25) is 0 Å². The van der Waals surface area contributed by atoms with E-state index >= 15 is 0 Å². The van der Waals surface area contributed by atoms with Gasteiger partial charge in [0, 0.05) is 0 Å². The van der Waals surface area contributed by atoms with Crippen LogP contribution in [-0.4, -0.2) is 48.7 Å². The van der Waals surface area contributed by atoms with E-state index in [1.54, 1.807) is 13.8 Å². The SMILES string of the molecule is CCOC(=O)C1(NC(C)C(=O)OC(=O)[C@@H]2CCCN2)CCCCC1. The fourth-order valence-electron chi connectivity index (χ4n) is 3.45. The van der Waals surface area contributed by atoms with Gasteiger partial charge in [-0.2, -0.15) is 0 Å². The summed E-state index contributed by atoms with van der Waals surface area (Å²) in [6.07, 6.45) is 5.70. The molecule has 1 heterocycles. The van der Waals surface area contributed by atoms with Crippen LogP contribution in [0.5, 0.6) is 0 Å². The van der Waals surface area contributed by atoms with Crippen molar-refractivity contribution in [3.63, 3.8) is 0 Å². The maximum Gasteiger partial charge on any atom is 0.330 e. The summed E-state index contributed by atoms with van der Waals surface area (Å²) in [6.45, 7) is 4.44. The van der Waals surface area contributed by atoms with E-state index in [2.05, 4.69) is 10.6 Å². The van der Waals surface area contributed by atoms with Gasteiger partial charge in [0.1, 0.15) is 17.6 Å². The molecule has 0 aromatic heterocycles. The Bertz CT molecular complexity index is 468. The van der Waals surface area contributed by atoms with Crippen LogP contribution in [0.3, 0.4) is 0 Å². The Kier molecular flexibility index (Phi) is 6.74. The first-order chi connectivity index (χ1) is 11.5. The molecule has 0 aromatic rings. The topological polar surface area (TPSA) is 93.7 Å². The lowest BCUT2D eigenvalue weighted by atomic mass is 9.81. The van der Waals surface area contributed by atoms with Gasteiger partial charge in [0.15, 0.2) is 0 Å². The Morgan fingerprint density at radius 3 is 2.50 bits per heavy atom. The first-order valence-corrected chi connectivity index (χ1v) is 8.92. The fraction of sp³-hybridized carbons (Fsp3) is 0.824. The molecule has 7 heteroatoms. The maximum atomic E-state index is 12.4. The van der Waals surface area contributed by atoms with Gasteiger partial charge in [0.25, 0.3) is 0 Å². The molecule has 24 heavy (non-hydrogen) atoms. The highest BCUT2D eigenvalue weighted by Crippen LogP contribution is 2.30. The zero-order valence-electron chi connectivity index (χ0n) is 14.6. The van der Waals surface area contributed by atoms with Crippen LogP contribution < -0.4 is 10.6 Å². The molecule has 0 radical (unpaired) electrons. The third-order valence-corrected chi connectivity index (χ3v) is 4.77. The van der Waals surface area contributed by atoms with Crippen molar-refractivity contribution < 1.29 is 23.9 Å². The van der Waals surface area contributed by atoms with E-state index in [9.17, 15) is 14.4 Å². The van der Waals surface area contributed by atoms with Crippen LogP contribution in [-0.2, 0) is 23.9 Å². The molecular formula is C17H28N2O5. The molecule has 1 saturated carbocycles. The van der Waals surface area contributed by atoms with Gasteiger partial charge >= 0.3 is 17.9 Å². The Morgan fingerprint density at radius 1 is 1.21 bits per heavy atom. The zero-order valence-corrected chi connectivity index (χ0v) is 14.6. The number of rotatable bonds is 6. The van der Waals surface area contributed by atoms with Crippen molar-refractivity contribution >= 4 is 17.9 Å². The van der Waals surface area contributed by atoms with E-state index in [4.69, 9.17) is 9.47 Å². The minimum atomic E-state index is -0.860. The molecule has 0 amide bonds. The molecule has 2 atom stereocenters. The standard InChI is InChI=1S/C17H28N2O5/c1-3-23-16(22)17(9-5-4-6-10-17)19-12(2)14(20)24-15(21)13-8-7-11-18-13/h12-13,18-19H,3-11H2,1-2H3/t12?,13-/m0/s1. The molecule has 136 valence electrons. The van der Waals surface area contributed by atoms with Crippen molar-refractivity contribution in [2.75, 3.05) is 13.2 Å². The van der Waals surface area contributed by atoms with Crippen molar-refractivity contribution in [2.45, 2.75) is 76.4 Å². The maximum absolute atomic E-state index is 12.4. The van der Waals surface area contributed by atoms with Gasteiger partial charge in [-0.25, -0.2) is 9.59 Å². The number of hydrogen-bond donors (Lipinski definition) is 2. The molecule has 2 rings (SSSR count). The molecule has 1 aliphatic carbocycles. The van der Waals surface area contributed by atoms with Gasteiger partial charge in [-0.3, -0.25) is 10.1 Å². The van der Waals surface area contributed by atoms with Crippen molar-refractivity contribution in [3.05, 3.63) is 0 Å². The van der Waals surface area contributed by atoms with Gasteiger partial charge in [-0.05, 0) is 46.1 Å². The Balaban J connectivity index is 1.95. The number of ether oxygens (including phenoxy) is 2. The number of esters is 3. The highest BCUT2D eigenvalue weighted by Gasteiger charge is 2.43. The van der Waals surface area contributed by atoms with Gasteiger partial charge in [0.2, 0.25) is 0 Å². The van der Waals surface area contributed by atoms with E-state index < -0.39 is 29.6 Å². The predicted octanol–water partition coefficient (Wildman–Crippen LogP) is 1.05. The van der Waals surface area contributed by atoms with E-state index in [-0.39, 0.29) is 5.97 Å². The minimum Gasteiger partial charge on any atom is -0.465 e. The number of nitrogens with one attached hydrogen (secondary N) is 2. The fourth-order valence-corrected chi connectivity index (χ4v) is 3.45. The van der Waals surface area contributed by atoms with Gasteiger partial charge in [0.05, 0.1) is 6.61 Å². The second-order valence-electron chi connectivity index (χ2n) is 6.62. The highest BCUT2D eigenvalue weighted by molar-refractivity contribution is 5.91. The quantitative estimate of drug-likeness (QED) is 0.551. The third kappa shape index (κ3) is 4.54. The molecule has 2 N–H and O–H groups in total. The van der Waals surface area contributed by atoms with Gasteiger partial charge in [-0.1, -0.05) is 19.3 Å². The highest BCUT2D eigenvalue weighted by atomic mass is 16.6. The summed E-state index contributed by atoms with van der Waals surface area (Å²) in [5.74, 6) is -1.52. The lowest BCUT2D eigenvalue weighted by Crippen LogP contribution is -2.59. The monoisotopic (exact) mass is 340 g/mol. The predicted molar refractivity (Wildman–Crippen MR) is 87.2 cm³/mol. The second-order valence-corrected chi connectivity index (χ2v) is 6.62. The summed E-state index contributed by atoms with van der Waals surface area (Å²) in [6, 6.07) is -1.16.